The molecule has 0 bridgehead atoms. The van der Waals surface area contributed by atoms with Gasteiger partial charge in [-0.05, 0) is 30.2 Å². The van der Waals surface area contributed by atoms with Crippen LogP contribution in [-0.4, -0.2) is 17.4 Å². The summed E-state index contributed by atoms with van der Waals surface area (Å²) in [5.41, 5.74) is 6.76. The molecule has 2 aromatic rings. The molecule has 106 valence electrons. The maximum absolute atomic E-state index is 5.13. The molecule has 1 unspecified atom stereocenters. The van der Waals surface area contributed by atoms with Gasteiger partial charge in [-0.2, -0.15) is 5.10 Å². The molecular weight excluding hydrogens is 278 g/mol. The molecular formula is C17H17N3S. The first-order chi connectivity index (χ1) is 10.3. The van der Waals surface area contributed by atoms with Crippen molar-refractivity contribution in [2.24, 2.45) is 5.10 Å². The number of aryl methyl sites for hydroxylation is 1. The van der Waals surface area contributed by atoms with Crippen LogP contribution in [0.1, 0.15) is 11.1 Å². The van der Waals surface area contributed by atoms with Crippen LogP contribution in [0, 0.1) is 6.92 Å². The average molecular weight is 295 g/mol. The number of anilines is 1. The Labute approximate surface area is 130 Å². The Morgan fingerprint density at radius 2 is 1.86 bits per heavy atom. The highest BCUT2D eigenvalue weighted by molar-refractivity contribution is 7.79. The Morgan fingerprint density at radius 1 is 1.14 bits per heavy atom. The Kier molecular flexibility index (Phi) is 3.97. The molecule has 0 aliphatic carbocycles. The first-order valence-corrected chi connectivity index (χ1v) is 7.43. The topological polar surface area (TPSA) is 27.6 Å². The summed E-state index contributed by atoms with van der Waals surface area (Å²) >= 11 is 5.13. The van der Waals surface area contributed by atoms with E-state index in [9.17, 15) is 0 Å². The van der Waals surface area contributed by atoms with Crippen molar-refractivity contribution in [3.8, 4) is 0 Å². The van der Waals surface area contributed by atoms with E-state index in [1.165, 1.54) is 11.1 Å². The molecule has 2 aromatic carbocycles. The minimum absolute atomic E-state index is 0.0681. The Balaban J connectivity index is 1.90. The zero-order chi connectivity index (χ0) is 14.7. The molecule has 1 heterocycles. The molecule has 0 spiro atoms. The molecule has 0 fully saturated rings. The summed E-state index contributed by atoms with van der Waals surface area (Å²) in [6.07, 6.45) is 0.718. The van der Waals surface area contributed by atoms with E-state index in [1.54, 1.807) is 5.37 Å². The van der Waals surface area contributed by atoms with Crippen LogP contribution in [-0.2, 0) is 6.42 Å². The molecule has 1 aliphatic heterocycles. The second-order valence-electron chi connectivity index (χ2n) is 5.05. The fourth-order valence-corrected chi connectivity index (χ4v) is 2.69. The number of rotatable bonds is 4. The van der Waals surface area contributed by atoms with E-state index in [2.05, 4.69) is 58.7 Å². The van der Waals surface area contributed by atoms with Gasteiger partial charge in [-0.15, -0.1) is 0 Å². The SMILES string of the molecule is Cc1ccccc1CC1=NNC(C=S)N1c1ccccc1. The predicted octanol–water partition coefficient (Wildman–Crippen LogP) is 3.29. The second kappa shape index (κ2) is 6.06. The van der Waals surface area contributed by atoms with Crippen LogP contribution in [0.4, 0.5) is 5.69 Å². The lowest BCUT2D eigenvalue weighted by Gasteiger charge is -2.25. The summed E-state index contributed by atoms with van der Waals surface area (Å²) in [6.45, 7) is 2.13. The van der Waals surface area contributed by atoms with E-state index in [-0.39, 0.29) is 6.17 Å². The standard InChI is InChI=1S/C17H17N3S/c1-13-7-5-6-8-14(13)11-16-18-19-17(12-21)20(16)15-9-3-2-4-10-15/h2-10,12,17,19H,11H2,1H3. The molecule has 0 saturated carbocycles. The van der Waals surface area contributed by atoms with Gasteiger partial charge in [-0.3, -0.25) is 5.43 Å². The normalized spacial score (nSPS) is 17.3. The van der Waals surface area contributed by atoms with E-state index in [0.29, 0.717) is 0 Å². The minimum atomic E-state index is -0.0681. The van der Waals surface area contributed by atoms with E-state index in [0.717, 1.165) is 17.9 Å². The van der Waals surface area contributed by atoms with Crippen molar-refractivity contribution < 1.29 is 0 Å². The molecule has 1 atom stereocenters. The number of hydrazone groups is 1. The lowest BCUT2D eigenvalue weighted by atomic mass is 10.0. The predicted molar refractivity (Wildman–Crippen MR) is 91.8 cm³/mol. The van der Waals surface area contributed by atoms with E-state index in [1.807, 2.05) is 18.2 Å². The largest absolute Gasteiger partial charge is 0.301 e. The van der Waals surface area contributed by atoms with Gasteiger partial charge in [-0.1, -0.05) is 54.7 Å². The highest BCUT2D eigenvalue weighted by atomic mass is 32.1. The van der Waals surface area contributed by atoms with Crippen LogP contribution in [0.3, 0.4) is 0 Å². The van der Waals surface area contributed by atoms with E-state index >= 15 is 0 Å². The smallest absolute Gasteiger partial charge is 0.150 e. The highest BCUT2D eigenvalue weighted by Gasteiger charge is 2.27. The number of amidine groups is 1. The fraction of sp³-hybridized carbons (Fsp3) is 0.176. The first-order valence-electron chi connectivity index (χ1n) is 6.96. The molecule has 1 aliphatic rings. The van der Waals surface area contributed by atoms with Gasteiger partial charge in [0.15, 0.2) is 0 Å². The number of nitrogens with one attached hydrogen (secondary N) is 1. The van der Waals surface area contributed by atoms with Gasteiger partial charge < -0.3 is 4.90 Å². The van der Waals surface area contributed by atoms with Gasteiger partial charge in [0, 0.05) is 17.5 Å². The Morgan fingerprint density at radius 3 is 2.57 bits per heavy atom. The molecule has 0 radical (unpaired) electrons. The van der Waals surface area contributed by atoms with E-state index < -0.39 is 0 Å². The lowest BCUT2D eigenvalue weighted by Crippen LogP contribution is -2.41. The van der Waals surface area contributed by atoms with Crippen molar-refractivity contribution >= 4 is 29.1 Å². The molecule has 3 rings (SSSR count). The second-order valence-corrected chi connectivity index (χ2v) is 5.32. The van der Waals surface area contributed by atoms with Gasteiger partial charge in [0.1, 0.15) is 12.0 Å². The molecule has 0 aromatic heterocycles. The van der Waals surface area contributed by atoms with Gasteiger partial charge in [0.2, 0.25) is 0 Å². The summed E-state index contributed by atoms with van der Waals surface area (Å²) in [5, 5.41) is 6.19. The number of benzene rings is 2. The summed E-state index contributed by atoms with van der Waals surface area (Å²) in [4.78, 5) is 2.15. The van der Waals surface area contributed by atoms with Crippen LogP contribution in [0.25, 0.3) is 0 Å². The fourth-order valence-electron chi connectivity index (χ4n) is 2.51. The van der Waals surface area contributed by atoms with Gasteiger partial charge >= 0.3 is 0 Å². The first kappa shape index (κ1) is 13.8. The number of thiocarbonyl (C=S) groups is 1. The van der Waals surface area contributed by atoms with Crippen LogP contribution < -0.4 is 10.3 Å². The lowest BCUT2D eigenvalue weighted by molar-refractivity contribution is 0.734. The monoisotopic (exact) mass is 295 g/mol. The number of hydrogen-bond donors (Lipinski definition) is 1. The molecule has 3 nitrogen and oxygen atoms in total. The van der Waals surface area contributed by atoms with Gasteiger partial charge in [-0.25, -0.2) is 0 Å². The molecule has 0 amide bonds. The van der Waals surface area contributed by atoms with Crippen molar-refractivity contribution in [1.82, 2.24) is 5.43 Å². The maximum atomic E-state index is 5.13. The van der Waals surface area contributed by atoms with E-state index in [4.69, 9.17) is 12.2 Å². The highest BCUT2D eigenvalue weighted by Crippen LogP contribution is 2.21. The third-order valence-corrected chi connectivity index (χ3v) is 3.91. The van der Waals surface area contributed by atoms with Crippen molar-refractivity contribution in [2.75, 3.05) is 4.90 Å². The minimum Gasteiger partial charge on any atom is -0.301 e. The molecule has 0 saturated heterocycles. The molecule has 4 heteroatoms. The average Bonchev–Trinajstić information content (AvgIpc) is 2.93. The van der Waals surface area contributed by atoms with Crippen LogP contribution in [0.15, 0.2) is 59.7 Å². The number of hydrogen-bond acceptors (Lipinski definition) is 4. The number of nitrogens with zero attached hydrogens (tertiary/aromatic N) is 2. The van der Waals surface area contributed by atoms with Crippen LogP contribution in [0.5, 0.6) is 0 Å². The van der Waals surface area contributed by atoms with Gasteiger partial charge in [0.25, 0.3) is 0 Å². The quantitative estimate of drug-likeness (QED) is 0.877. The van der Waals surface area contributed by atoms with Crippen molar-refractivity contribution in [2.45, 2.75) is 19.5 Å². The summed E-state index contributed by atoms with van der Waals surface area (Å²) in [7, 11) is 0. The summed E-state index contributed by atoms with van der Waals surface area (Å²) in [6, 6.07) is 18.6. The maximum Gasteiger partial charge on any atom is 0.150 e. The third-order valence-electron chi connectivity index (χ3n) is 3.66. The van der Waals surface area contributed by atoms with Gasteiger partial charge in [0.05, 0.1) is 0 Å². The van der Waals surface area contributed by atoms with Crippen molar-refractivity contribution in [1.29, 1.82) is 0 Å². The Hall–Kier alpha value is -2.20. The summed E-state index contributed by atoms with van der Waals surface area (Å²) in [5.74, 6) is 0.988. The summed E-state index contributed by atoms with van der Waals surface area (Å²) < 4.78 is 0. The third kappa shape index (κ3) is 2.81. The van der Waals surface area contributed by atoms with Crippen molar-refractivity contribution in [3.05, 3.63) is 65.7 Å². The van der Waals surface area contributed by atoms with Crippen molar-refractivity contribution in [3.63, 3.8) is 0 Å². The van der Waals surface area contributed by atoms with Crippen LogP contribution >= 0.6 is 12.2 Å². The van der Waals surface area contributed by atoms with Crippen LogP contribution in [0.2, 0.25) is 0 Å². The molecule has 1 N–H and O–H groups in total. The Bertz CT molecular complexity index is 667. The number of para-hydroxylation sites is 1. The zero-order valence-electron chi connectivity index (χ0n) is 11.9. The molecule has 21 heavy (non-hydrogen) atoms. The zero-order valence-corrected chi connectivity index (χ0v) is 12.7.